The average Bonchev–Trinajstić information content (AvgIpc) is 2.73. The van der Waals surface area contributed by atoms with Gasteiger partial charge in [0.15, 0.2) is 5.13 Å². The van der Waals surface area contributed by atoms with Crippen molar-refractivity contribution in [2.75, 3.05) is 18.6 Å². The second-order valence-corrected chi connectivity index (χ2v) is 5.00. The van der Waals surface area contributed by atoms with Gasteiger partial charge in [-0.1, -0.05) is 6.92 Å². The monoisotopic (exact) mass is 256 g/mol. The van der Waals surface area contributed by atoms with Crippen LogP contribution in [0.2, 0.25) is 0 Å². The number of thiazole rings is 1. The fraction of sp³-hybridized carbons (Fsp3) is 0.667. The molecule has 0 saturated heterocycles. The fourth-order valence-corrected chi connectivity index (χ4v) is 2.53. The van der Waals surface area contributed by atoms with E-state index in [9.17, 15) is 4.79 Å². The van der Waals surface area contributed by atoms with Crippen LogP contribution in [-0.2, 0) is 16.0 Å². The predicted molar refractivity (Wildman–Crippen MR) is 70.6 cm³/mol. The molecule has 0 spiro atoms. The zero-order valence-electron chi connectivity index (χ0n) is 10.9. The Morgan fingerprint density at radius 3 is 2.82 bits per heavy atom. The van der Waals surface area contributed by atoms with Crippen LogP contribution in [0.15, 0.2) is 5.38 Å². The zero-order chi connectivity index (χ0) is 12.8. The summed E-state index contributed by atoms with van der Waals surface area (Å²) in [5.74, 6) is -0.242. The molecule has 1 rings (SSSR count). The van der Waals surface area contributed by atoms with Crippen molar-refractivity contribution in [1.29, 1.82) is 0 Å². The molecule has 0 radical (unpaired) electrons. The molecule has 4 nitrogen and oxygen atoms in total. The molecule has 1 aromatic heterocycles. The number of ether oxygens (including phenoxy) is 1. The molecule has 5 heteroatoms. The third-order valence-corrected chi connectivity index (χ3v) is 3.35. The van der Waals surface area contributed by atoms with Gasteiger partial charge in [0.2, 0.25) is 0 Å². The number of carbonyl (C=O) groups is 1. The lowest BCUT2D eigenvalue weighted by atomic mass is 10.3. The van der Waals surface area contributed by atoms with Crippen LogP contribution >= 0.6 is 11.3 Å². The fourth-order valence-electron chi connectivity index (χ4n) is 1.55. The topological polar surface area (TPSA) is 42.4 Å². The van der Waals surface area contributed by atoms with Gasteiger partial charge in [0.1, 0.15) is 0 Å². The number of methoxy groups -OCH3 is 1. The highest BCUT2D eigenvalue weighted by Gasteiger charge is 2.14. The van der Waals surface area contributed by atoms with Crippen LogP contribution in [0.1, 0.15) is 32.9 Å². The normalized spacial score (nSPS) is 10.6. The lowest BCUT2D eigenvalue weighted by molar-refractivity contribution is -0.139. The minimum atomic E-state index is -0.242. The molecule has 1 aromatic rings. The standard InChI is InChI=1S/C12H20N2O2S/c1-5-6-14(9(2)3)12-13-10(8-17-12)7-11(15)16-4/h8-9H,5-7H2,1-4H3. The van der Waals surface area contributed by atoms with Crippen molar-refractivity contribution in [2.45, 2.75) is 39.7 Å². The van der Waals surface area contributed by atoms with Gasteiger partial charge in [0.25, 0.3) is 0 Å². The molecule has 96 valence electrons. The summed E-state index contributed by atoms with van der Waals surface area (Å²) in [7, 11) is 1.40. The average molecular weight is 256 g/mol. The van der Waals surface area contributed by atoms with Crippen LogP contribution in [0, 0.1) is 0 Å². The Balaban J connectivity index is 2.74. The molecule has 0 amide bonds. The van der Waals surface area contributed by atoms with Crippen molar-refractivity contribution in [1.82, 2.24) is 4.98 Å². The lowest BCUT2D eigenvalue weighted by Crippen LogP contribution is -2.31. The second-order valence-electron chi connectivity index (χ2n) is 4.16. The van der Waals surface area contributed by atoms with Crippen LogP contribution in [0.3, 0.4) is 0 Å². The Kier molecular flexibility index (Phi) is 5.41. The molecule has 17 heavy (non-hydrogen) atoms. The van der Waals surface area contributed by atoms with E-state index < -0.39 is 0 Å². The van der Waals surface area contributed by atoms with E-state index in [2.05, 4.69) is 35.4 Å². The lowest BCUT2D eigenvalue weighted by Gasteiger charge is -2.25. The van der Waals surface area contributed by atoms with E-state index in [-0.39, 0.29) is 12.4 Å². The third kappa shape index (κ3) is 4.00. The number of carbonyl (C=O) groups excluding carboxylic acids is 1. The summed E-state index contributed by atoms with van der Waals surface area (Å²) >= 11 is 1.59. The van der Waals surface area contributed by atoms with Crippen LogP contribution < -0.4 is 4.90 Å². The Bertz CT molecular complexity index is 363. The smallest absolute Gasteiger partial charge is 0.311 e. The van der Waals surface area contributed by atoms with Crippen molar-refractivity contribution in [3.05, 3.63) is 11.1 Å². The molecule has 0 aliphatic rings. The van der Waals surface area contributed by atoms with Gasteiger partial charge in [-0.15, -0.1) is 11.3 Å². The summed E-state index contributed by atoms with van der Waals surface area (Å²) < 4.78 is 4.63. The highest BCUT2D eigenvalue weighted by atomic mass is 32.1. The maximum Gasteiger partial charge on any atom is 0.311 e. The highest BCUT2D eigenvalue weighted by Crippen LogP contribution is 2.23. The van der Waals surface area contributed by atoms with Gasteiger partial charge in [-0.3, -0.25) is 4.79 Å². The number of hydrogen-bond acceptors (Lipinski definition) is 5. The van der Waals surface area contributed by atoms with E-state index in [1.54, 1.807) is 11.3 Å². The van der Waals surface area contributed by atoms with Gasteiger partial charge < -0.3 is 9.64 Å². The van der Waals surface area contributed by atoms with Crippen molar-refractivity contribution in [3.8, 4) is 0 Å². The minimum absolute atomic E-state index is 0.242. The van der Waals surface area contributed by atoms with Gasteiger partial charge in [-0.2, -0.15) is 0 Å². The summed E-state index contributed by atoms with van der Waals surface area (Å²) in [6.07, 6.45) is 1.34. The maximum atomic E-state index is 11.1. The van der Waals surface area contributed by atoms with Gasteiger partial charge in [0.05, 0.1) is 19.2 Å². The molecule has 1 heterocycles. The van der Waals surface area contributed by atoms with E-state index >= 15 is 0 Å². The van der Waals surface area contributed by atoms with Gasteiger partial charge in [0, 0.05) is 18.0 Å². The number of rotatable bonds is 6. The molecular formula is C12H20N2O2S. The summed E-state index contributed by atoms with van der Waals surface area (Å²) in [5, 5.41) is 2.91. The summed E-state index contributed by atoms with van der Waals surface area (Å²) in [5.41, 5.74) is 0.790. The largest absolute Gasteiger partial charge is 0.469 e. The molecule has 0 aliphatic carbocycles. The summed E-state index contributed by atoms with van der Waals surface area (Å²) in [6, 6.07) is 0.423. The van der Waals surface area contributed by atoms with Crippen molar-refractivity contribution in [2.24, 2.45) is 0 Å². The van der Waals surface area contributed by atoms with E-state index in [1.165, 1.54) is 7.11 Å². The van der Waals surface area contributed by atoms with Gasteiger partial charge in [-0.25, -0.2) is 4.98 Å². The predicted octanol–water partition coefficient (Wildman–Crippen LogP) is 2.48. The van der Waals surface area contributed by atoms with Gasteiger partial charge in [-0.05, 0) is 20.3 Å². The third-order valence-electron chi connectivity index (χ3n) is 2.43. The molecule has 0 aromatic carbocycles. The van der Waals surface area contributed by atoms with Gasteiger partial charge >= 0.3 is 5.97 Å². The molecule has 0 fully saturated rings. The Hall–Kier alpha value is -1.10. The molecule has 0 bridgehead atoms. The maximum absolute atomic E-state index is 11.1. The number of hydrogen-bond donors (Lipinski definition) is 0. The number of aromatic nitrogens is 1. The van der Waals surface area contributed by atoms with E-state index in [4.69, 9.17) is 0 Å². The zero-order valence-corrected chi connectivity index (χ0v) is 11.7. The molecule has 0 saturated carbocycles. The van der Waals surface area contributed by atoms with Crippen LogP contribution in [0.4, 0.5) is 5.13 Å². The van der Waals surface area contributed by atoms with Crippen LogP contribution in [0.5, 0.6) is 0 Å². The number of anilines is 1. The van der Waals surface area contributed by atoms with E-state index in [0.29, 0.717) is 6.04 Å². The first kappa shape index (κ1) is 14.0. The first-order chi connectivity index (χ1) is 8.08. The van der Waals surface area contributed by atoms with Crippen molar-refractivity contribution in [3.63, 3.8) is 0 Å². The minimum Gasteiger partial charge on any atom is -0.469 e. The van der Waals surface area contributed by atoms with Crippen molar-refractivity contribution >= 4 is 22.4 Å². The van der Waals surface area contributed by atoms with Crippen molar-refractivity contribution < 1.29 is 9.53 Å². The molecule has 0 aliphatic heterocycles. The summed E-state index contributed by atoms with van der Waals surface area (Å²) in [6.45, 7) is 7.44. The quantitative estimate of drug-likeness (QED) is 0.733. The molecule has 0 unspecified atom stereocenters. The van der Waals surface area contributed by atoms with E-state index in [0.717, 1.165) is 23.8 Å². The molecular weight excluding hydrogens is 236 g/mol. The molecule has 0 atom stereocenters. The highest BCUT2D eigenvalue weighted by molar-refractivity contribution is 7.13. The Morgan fingerprint density at radius 1 is 1.59 bits per heavy atom. The second kappa shape index (κ2) is 6.59. The van der Waals surface area contributed by atoms with Crippen LogP contribution in [-0.4, -0.2) is 30.6 Å². The number of nitrogens with zero attached hydrogens (tertiary/aromatic N) is 2. The first-order valence-electron chi connectivity index (χ1n) is 5.86. The van der Waals surface area contributed by atoms with Crippen LogP contribution in [0.25, 0.3) is 0 Å². The number of esters is 1. The Morgan fingerprint density at radius 2 is 2.29 bits per heavy atom. The summed E-state index contributed by atoms with van der Waals surface area (Å²) in [4.78, 5) is 17.9. The van der Waals surface area contributed by atoms with E-state index in [1.807, 2.05) is 5.38 Å². The first-order valence-corrected chi connectivity index (χ1v) is 6.74. The molecule has 0 N–H and O–H groups in total. The Labute approximate surface area is 107 Å². The SMILES string of the molecule is CCCN(c1nc(CC(=O)OC)cs1)C(C)C.